The summed E-state index contributed by atoms with van der Waals surface area (Å²) in [5.41, 5.74) is 5.51. The van der Waals surface area contributed by atoms with Crippen LogP contribution in [-0.4, -0.2) is 40.9 Å². The average Bonchev–Trinajstić information content (AvgIpc) is 3.59. The minimum absolute atomic E-state index is 0.612. The normalized spacial score (nSPS) is 10.9. The van der Waals surface area contributed by atoms with Gasteiger partial charge in [0.05, 0.1) is 40.3 Å². The molecule has 2 aromatic heterocycles. The Morgan fingerprint density at radius 2 is 1.13 bits per heavy atom. The summed E-state index contributed by atoms with van der Waals surface area (Å²) in [7, 11) is 6.97. The predicted octanol–water partition coefficient (Wildman–Crippen LogP) is 5.56. The van der Waals surface area contributed by atoms with Gasteiger partial charge in [0, 0.05) is 37.5 Å². The number of aromatic nitrogens is 4. The van der Waals surface area contributed by atoms with Gasteiger partial charge in [0.25, 0.3) is 0 Å². The van der Waals surface area contributed by atoms with Crippen molar-refractivity contribution in [1.82, 2.24) is 19.6 Å². The molecular formula is C31H33N5O3. The number of methoxy groups -OCH3 is 3. The Kier molecular flexibility index (Phi) is 7.82. The zero-order chi connectivity index (χ0) is 27.2. The number of hydrogen-bond donors (Lipinski definition) is 0. The standard InChI is InChI=1S/C31H33N5O3/c1-34-22-26(17-32-34)30-18-33-36(21-25-9-15-29(39-4)16-10-25)31(30)35(19-23-5-11-27(37-2)12-6-23)20-24-7-13-28(38-3)14-8-24/h5-18,22H,19-21H2,1-4H3. The summed E-state index contributed by atoms with van der Waals surface area (Å²) in [6.45, 7) is 1.97. The molecule has 0 radical (unpaired) electrons. The summed E-state index contributed by atoms with van der Waals surface area (Å²) in [4.78, 5) is 2.36. The van der Waals surface area contributed by atoms with Crippen molar-refractivity contribution in [1.29, 1.82) is 0 Å². The average molecular weight is 524 g/mol. The van der Waals surface area contributed by atoms with Gasteiger partial charge in [-0.1, -0.05) is 36.4 Å². The molecule has 0 unspecified atom stereocenters. The highest BCUT2D eigenvalue weighted by atomic mass is 16.5. The van der Waals surface area contributed by atoms with E-state index in [0.29, 0.717) is 19.6 Å². The third-order valence-corrected chi connectivity index (χ3v) is 6.68. The number of ether oxygens (including phenoxy) is 3. The van der Waals surface area contributed by atoms with Crippen LogP contribution in [0.4, 0.5) is 5.82 Å². The molecule has 3 aromatic carbocycles. The lowest BCUT2D eigenvalue weighted by Gasteiger charge is -2.27. The number of hydrogen-bond acceptors (Lipinski definition) is 6. The van der Waals surface area contributed by atoms with Crippen molar-refractivity contribution >= 4 is 5.82 Å². The number of anilines is 1. The number of rotatable bonds is 11. The zero-order valence-electron chi connectivity index (χ0n) is 22.7. The summed E-state index contributed by atoms with van der Waals surface area (Å²) < 4.78 is 20.0. The highest BCUT2D eigenvalue weighted by Gasteiger charge is 2.21. The van der Waals surface area contributed by atoms with Gasteiger partial charge in [-0.2, -0.15) is 10.2 Å². The second kappa shape index (κ2) is 11.8. The van der Waals surface area contributed by atoms with Gasteiger partial charge in [-0.25, -0.2) is 4.68 Å². The first-order valence-corrected chi connectivity index (χ1v) is 12.7. The second-order valence-corrected chi connectivity index (χ2v) is 9.34. The molecule has 200 valence electrons. The molecule has 8 nitrogen and oxygen atoms in total. The Hall–Kier alpha value is -4.72. The van der Waals surface area contributed by atoms with E-state index in [1.165, 1.54) is 11.1 Å². The lowest BCUT2D eigenvalue weighted by Crippen LogP contribution is -2.26. The van der Waals surface area contributed by atoms with Crippen LogP contribution in [0, 0.1) is 0 Å². The molecule has 0 atom stereocenters. The van der Waals surface area contributed by atoms with Gasteiger partial charge in [-0.15, -0.1) is 0 Å². The van der Waals surface area contributed by atoms with E-state index in [1.807, 2.05) is 66.7 Å². The highest BCUT2D eigenvalue weighted by Crippen LogP contribution is 2.34. The van der Waals surface area contributed by atoms with Gasteiger partial charge in [0.1, 0.15) is 23.1 Å². The molecule has 8 heteroatoms. The monoisotopic (exact) mass is 523 g/mol. The molecule has 0 aliphatic heterocycles. The molecule has 0 saturated heterocycles. The molecule has 5 aromatic rings. The zero-order valence-corrected chi connectivity index (χ0v) is 22.7. The second-order valence-electron chi connectivity index (χ2n) is 9.34. The summed E-state index contributed by atoms with van der Waals surface area (Å²) in [5.74, 6) is 3.52. The predicted molar refractivity (Wildman–Crippen MR) is 152 cm³/mol. The van der Waals surface area contributed by atoms with Crippen molar-refractivity contribution in [3.8, 4) is 28.4 Å². The number of benzene rings is 3. The largest absolute Gasteiger partial charge is 0.497 e. The summed E-state index contributed by atoms with van der Waals surface area (Å²) >= 11 is 0. The number of nitrogens with zero attached hydrogens (tertiary/aromatic N) is 5. The minimum Gasteiger partial charge on any atom is -0.497 e. The summed E-state index contributed by atoms with van der Waals surface area (Å²) in [6, 6.07) is 24.5. The molecule has 2 heterocycles. The van der Waals surface area contributed by atoms with Crippen molar-refractivity contribution in [2.24, 2.45) is 7.05 Å². The van der Waals surface area contributed by atoms with Crippen LogP contribution in [0.1, 0.15) is 16.7 Å². The molecule has 0 aliphatic rings. The van der Waals surface area contributed by atoms with Crippen molar-refractivity contribution in [2.75, 3.05) is 26.2 Å². The van der Waals surface area contributed by atoms with Crippen molar-refractivity contribution < 1.29 is 14.2 Å². The van der Waals surface area contributed by atoms with E-state index in [-0.39, 0.29) is 0 Å². The van der Waals surface area contributed by atoms with Crippen LogP contribution in [0.5, 0.6) is 17.2 Å². The Bertz CT molecular complexity index is 1440. The Labute approximate surface area is 229 Å². The molecule has 0 aliphatic carbocycles. The lowest BCUT2D eigenvalue weighted by atomic mass is 10.1. The lowest BCUT2D eigenvalue weighted by molar-refractivity contribution is 0.414. The molecular weight excluding hydrogens is 490 g/mol. The van der Waals surface area contributed by atoms with E-state index >= 15 is 0 Å². The van der Waals surface area contributed by atoms with Crippen LogP contribution in [-0.2, 0) is 26.7 Å². The van der Waals surface area contributed by atoms with Gasteiger partial charge >= 0.3 is 0 Å². The maximum atomic E-state index is 5.39. The fourth-order valence-corrected chi connectivity index (χ4v) is 4.60. The van der Waals surface area contributed by atoms with Crippen molar-refractivity contribution in [3.63, 3.8) is 0 Å². The van der Waals surface area contributed by atoms with Gasteiger partial charge in [0.15, 0.2) is 0 Å². The van der Waals surface area contributed by atoms with Gasteiger partial charge in [0.2, 0.25) is 0 Å². The van der Waals surface area contributed by atoms with Crippen LogP contribution in [0.3, 0.4) is 0 Å². The van der Waals surface area contributed by atoms with E-state index in [1.54, 1.807) is 21.3 Å². The topological polar surface area (TPSA) is 66.6 Å². The van der Waals surface area contributed by atoms with Gasteiger partial charge in [-0.05, 0) is 53.1 Å². The van der Waals surface area contributed by atoms with Crippen LogP contribution in [0.15, 0.2) is 91.4 Å². The van der Waals surface area contributed by atoms with Gasteiger partial charge in [-0.3, -0.25) is 4.68 Å². The Morgan fingerprint density at radius 3 is 1.56 bits per heavy atom. The molecule has 0 spiro atoms. The molecule has 0 N–H and O–H groups in total. The Morgan fingerprint density at radius 1 is 0.641 bits per heavy atom. The van der Waals surface area contributed by atoms with E-state index in [4.69, 9.17) is 19.3 Å². The summed E-state index contributed by atoms with van der Waals surface area (Å²) in [5, 5.41) is 9.30. The number of aryl methyl sites for hydroxylation is 1. The smallest absolute Gasteiger partial charge is 0.135 e. The SMILES string of the molecule is COc1ccc(CN(Cc2ccc(OC)cc2)c2c(-c3cnn(C)c3)cnn2Cc2ccc(OC)cc2)cc1. The molecule has 5 rings (SSSR count). The first-order chi connectivity index (χ1) is 19.1. The molecule has 0 fully saturated rings. The van der Waals surface area contributed by atoms with Crippen LogP contribution in [0.2, 0.25) is 0 Å². The summed E-state index contributed by atoms with van der Waals surface area (Å²) in [6.07, 6.45) is 5.85. The molecule has 0 saturated carbocycles. The van der Waals surface area contributed by atoms with Crippen molar-refractivity contribution in [2.45, 2.75) is 19.6 Å². The molecule has 0 bridgehead atoms. The van der Waals surface area contributed by atoms with Gasteiger partial charge < -0.3 is 19.1 Å². The van der Waals surface area contributed by atoms with E-state index in [2.05, 4.69) is 51.1 Å². The molecule has 0 amide bonds. The minimum atomic E-state index is 0.612. The third-order valence-electron chi connectivity index (χ3n) is 6.68. The maximum absolute atomic E-state index is 5.39. The quantitative estimate of drug-likeness (QED) is 0.226. The maximum Gasteiger partial charge on any atom is 0.135 e. The Balaban J connectivity index is 1.58. The third kappa shape index (κ3) is 6.06. The first-order valence-electron chi connectivity index (χ1n) is 12.7. The van der Waals surface area contributed by atoms with Crippen LogP contribution >= 0.6 is 0 Å². The van der Waals surface area contributed by atoms with Crippen LogP contribution < -0.4 is 19.1 Å². The van der Waals surface area contributed by atoms with Crippen LogP contribution in [0.25, 0.3) is 11.1 Å². The first kappa shape index (κ1) is 25.9. The van der Waals surface area contributed by atoms with Crippen molar-refractivity contribution in [3.05, 3.63) is 108 Å². The molecule has 39 heavy (non-hydrogen) atoms. The van der Waals surface area contributed by atoms with E-state index in [0.717, 1.165) is 39.8 Å². The highest BCUT2D eigenvalue weighted by molar-refractivity contribution is 5.75. The fraction of sp³-hybridized carbons (Fsp3) is 0.226. The van der Waals surface area contributed by atoms with E-state index in [9.17, 15) is 0 Å². The fourth-order valence-electron chi connectivity index (χ4n) is 4.60. The van der Waals surface area contributed by atoms with E-state index < -0.39 is 0 Å².